The Morgan fingerprint density at radius 2 is 1.85 bits per heavy atom. The fourth-order valence-electron chi connectivity index (χ4n) is 1.01. The molecule has 3 heteroatoms. The molecule has 1 rings (SSSR count). The molecule has 1 aromatic rings. The minimum Gasteiger partial charge on any atom is -0.387 e. The Hall–Kier alpha value is -0.660. The van der Waals surface area contributed by atoms with Crippen molar-refractivity contribution in [2.45, 2.75) is 13.5 Å². The Bertz CT molecular complexity index is 288. The molecule has 0 aliphatic heterocycles. The summed E-state index contributed by atoms with van der Waals surface area (Å²) >= 11 is 11.7. The summed E-state index contributed by atoms with van der Waals surface area (Å²) in [5.74, 6) is 0. The van der Waals surface area contributed by atoms with Crippen molar-refractivity contribution in [1.29, 1.82) is 0 Å². The van der Waals surface area contributed by atoms with E-state index in [0.717, 1.165) is 12.1 Å². The second kappa shape index (κ2) is 5.15. The molecule has 0 aliphatic carbocycles. The Kier molecular flexibility index (Phi) is 4.13. The van der Waals surface area contributed by atoms with Crippen molar-refractivity contribution < 1.29 is 0 Å². The molecular weight excluding hydrogens is 205 g/mol. The molecule has 0 bridgehead atoms. The maximum Gasteiger partial charge on any atom is 0.0424 e. The average molecular weight is 216 g/mol. The van der Waals surface area contributed by atoms with Crippen LogP contribution in [0, 0.1) is 0 Å². The molecule has 0 aliphatic rings. The first kappa shape index (κ1) is 10.4. The van der Waals surface area contributed by atoms with Crippen molar-refractivity contribution in [3.05, 3.63) is 46.1 Å². The van der Waals surface area contributed by atoms with E-state index >= 15 is 0 Å². The van der Waals surface area contributed by atoms with Gasteiger partial charge in [0.1, 0.15) is 0 Å². The molecule has 0 fully saturated rings. The molecule has 0 heterocycles. The van der Waals surface area contributed by atoms with Crippen LogP contribution in [-0.4, -0.2) is 0 Å². The number of hydrogen-bond donors (Lipinski definition) is 1. The van der Waals surface area contributed by atoms with Gasteiger partial charge in [-0.15, -0.1) is 0 Å². The van der Waals surface area contributed by atoms with Crippen molar-refractivity contribution in [1.82, 2.24) is 5.32 Å². The van der Waals surface area contributed by atoms with Gasteiger partial charge < -0.3 is 5.32 Å². The predicted octanol–water partition coefficient (Wildman–Crippen LogP) is 3.62. The smallest absolute Gasteiger partial charge is 0.0424 e. The lowest BCUT2D eigenvalue weighted by Crippen LogP contribution is -2.03. The van der Waals surface area contributed by atoms with Crippen LogP contribution < -0.4 is 5.32 Å². The Morgan fingerprint density at radius 3 is 2.38 bits per heavy atom. The van der Waals surface area contributed by atoms with Gasteiger partial charge in [0.25, 0.3) is 0 Å². The maximum absolute atomic E-state index is 5.83. The van der Waals surface area contributed by atoms with E-state index in [1.165, 1.54) is 0 Å². The zero-order chi connectivity index (χ0) is 9.68. The summed E-state index contributed by atoms with van der Waals surface area (Å²) < 4.78 is 0. The molecule has 70 valence electrons. The highest BCUT2D eigenvalue weighted by molar-refractivity contribution is 6.34. The molecule has 0 unspecified atom stereocenters. The topological polar surface area (TPSA) is 12.0 Å². The molecular formula is C10H11Cl2N. The van der Waals surface area contributed by atoms with Crippen LogP contribution in [0.1, 0.15) is 12.5 Å². The van der Waals surface area contributed by atoms with E-state index in [-0.39, 0.29) is 0 Å². The molecule has 1 aromatic carbocycles. The Balaban J connectivity index is 2.66. The van der Waals surface area contributed by atoms with E-state index in [1.54, 1.807) is 6.07 Å². The SMILES string of the molecule is C/C=C\NCc1cc(Cl)cc(Cl)c1. The number of benzene rings is 1. The highest BCUT2D eigenvalue weighted by atomic mass is 35.5. The number of halogens is 2. The zero-order valence-electron chi connectivity index (χ0n) is 7.35. The van der Waals surface area contributed by atoms with Crippen LogP contribution in [0.3, 0.4) is 0 Å². The van der Waals surface area contributed by atoms with E-state index in [0.29, 0.717) is 10.0 Å². The monoisotopic (exact) mass is 215 g/mol. The van der Waals surface area contributed by atoms with Gasteiger partial charge in [-0.25, -0.2) is 0 Å². The standard InChI is InChI=1S/C10H11Cl2N/c1-2-3-13-7-8-4-9(11)6-10(12)5-8/h2-6,13H,7H2,1H3/b3-2-. The van der Waals surface area contributed by atoms with Gasteiger partial charge in [0, 0.05) is 16.6 Å². The second-order valence-corrected chi connectivity index (χ2v) is 3.53. The lowest BCUT2D eigenvalue weighted by molar-refractivity contribution is 0.868. The summed E-state index contributed by atoms with van der Waals surface area (Å²) in [6, 6.07) is 5.51. The van der Waals surface area contributed by atoms with Crippen molar-refractivity contribution in [3.8, 4) is 0 Å². The lowest BCUT2D eigenvalue weighted by Gasteiger charge is -2.02. The number of rotatable bonds is 3. The van der Waals surface area contributed by atoms with Gasteiger partial charge in [-0.1, -0.05) is 29.3 Å². The van der Waals surface area contributed by atoms with Gasteiger partial charge in [0.05, 0.1) is 0 Å². The Labute approximate surface area is 88.4 Å². The first-order valence-electron chi connectivity index (χ1n) is 4.02. The summed E-state index contributed by atoms with van der Waals surface area (Å²) in [4.78, 5) is 0. The third kappa shape index (κ3) is 3.71. The normalized spacial score (nSPS) is 10.7. The summed E-state index contributed by atoms with van der Waals surface area (Å²) in [5.41, 5.74) is 1.08. The molecule has 1 N–H and O–H groups in total. The third-order valence-electron chi connectivity index (χ3n) is 1.51. The van der Waals surface area contributed by atoms with Gasteiger partial charge in [0.15, 0.2) is 0 Å². The third-order valence-corrected chi connectivity index (χ3v) is 1.95. The average Bonchev–Trinajstić information content (AvgIpc) is 2.03. The van der Waals surface area contributed by atoms with Crippen LogP contribution in [0.5, 0.6) is 0 Å². The fourth-order valence-corrected chi connectivity index (χ4v) is 1.58. The quantitative estimate of drug-likeness (QED) is 0.813. The number of allylic oxidation sites excluding steroid dienone is 1. The van der Waals surface area contributed by atoms with E-state index in [4.69, 9.17) is 23.2 Å². The van der Waals surface area contributed by atoms with Crippen molar-refractivity contribution in [2.75, 3.05) is 0 Å². The lowest BCUT2D eigenvalue weighted by atomic mass is 10.2. The summed E-state index contributed by atoms with van der Waals surface area (Å²) in [5, 5.41) is 4.45. The largest absolute Gasteiger partial charge is 0.387 e. The van der Waals surface area contributed by atoms with Crippen LogP contribution >= 0.6 is 23.2 Å². The highest BCUT2D eigenvalue weighted by Crippen LogP contribution is 2.18. The second-order valence-electron chi connectivity index (χ2n) is 2.66. The molecule has 13 heavy (non-hydrogen) atoms. The van der Waals surface area contributed by atoms with Crippen LogP contribution in [0.15, 0.2) is 30.5 Å². The molecule has 1 nitrogen and oxygen atoms in total. The van der Waals surface area contributed by atoms with Crippen molar-refractivity contribution >= 4 is 23.2 Å². The minimum atomic E-state index is 0.671. The fraction of sp³-hybridized carbons (Fsp3) is 0.200. The molecule has 0 atom stereocenters. The zero-order valence-corrected chi connectivity index (χ0v) is 8.86. The van der Waals surface area contributed by atoms with Crippen LogP contribution in [0.4, 0.5) is 0 Å². The van der Waals surface area contributed by atoms with Gasteiger partial charge >= 0.3 is 0 Å². The maximum atomic E-state index is 5.83. The number of nitrogens with one attached hydrogen (secondary N) is 1. The minimum absolute atomic E-state index is 0.671. The first-order valence-corrected chi connectivity index (χ1v) is 4.77. The molecule has 0 spiro atoms. The van der Waals surface area contributed by atoms with Crippen molar-refractivity contribution in [3.63, 3.8) is 0 Å². The van der Waals surface area contributed by atoms with Gasteiger partial charge in [-0.2, -0.15) is 0 Å². The van der Waals surface area contributed by atoms with E-state index in [1.807, 2.05) is 31.3 Å². The van der Waals surface area contributed by atoms with Gasteiger partial charge in [-0.3, -0.25) is 0 Å². The van der Waals surface area contributed by atoms with E-state index in [9.17, 15) is 0 Å². The molecule has 0 radical (unpaired) electrons. The molecule has 0 aromatic heterocycles. The molecule has 0 amide bonds. The van der Waals surface area contributed by atoms with Crippen molar-refractivity contribution in [2.24, 2.45) is 0 Å². The molecule has 0 saturated heterocycles. The summed E-state index contributed by atoms with van der Waals surface area (Å²) in [6.07, 6.45) is 3.82. The summed E-state index contributed by atoms with van der Waals surface area (Å²) in [7, 11) is 0. The van der Waals surface area contributed by atoms with Crippen LogP contribution in [-0.2, 0) is 6.54 Å². The first-order chi connectivity index (χ1) is 6.22. The predicted molar refractivity (Wildman–Crippen MR) is 58.1 cm³/mol. The highest BCUT2D eigenvalue weighted by Gasteiger charge is 1.96. The summed E-state index contributed by atoms with van der Waals surface area (Å²) in [6.45, 7) is 2.70. The van der Waals surface area contributed by atoms with Gasteiger partial charge in [-0.05, 0) is 36.9 Å². The Morgan fingerprint density at radius 1 is 1.23 bits per heavy atom. The van der Waals surface area contributed by atoms with Crippen LogP contribution in [0.25, 0.3) is 0 Å². The molecule has 0 saturated carbocycles. The van der Waals surface area contributed by atoms with E-state index < -0.39 is 0 Å². The van der Waals surface area contributed by atoms with Crippen LogP contribution in [0.2, 0.25) is 10.0 Å². The number of hydrogen-bond acceptors (Lipinski definition) is 1. The van der Waals surface area contributed by atoms with Gasteiger partial charge in [0.2, 0.25) is 0 Å². The van der Waals surface area contributed by atoms with E-state index in [2.05, 4.69) is 5.32 Å².